The number of fused-ring (bicyclic) bond motifs is 1. The highest BCUT2D eigenvalue weighted by Crippen LogP contribution is 2.30. The molecule has 108 valence electrons. The van der Waals surface area contributed by atoms with E-state index in [2.05, 4.69) is 34.0 Å². The molecule has 1 amide bonds. The molecule has 0 spiro atoms. The first-order valence-corrected chi connectivity index (χ1v) is 8.13. The van der Waals surface area contributed by atoms with Crippen LogP contribution in [-0.2, 0) is 11.2 Å². The highest BCUT2D eigenvalue weighted by molar-refractivity contribution is 14.1. The molecule has 5 heteroatoms. The number of halogens is 2. The van der Waals surface area contributed by atoms with Crippen LogP contribution in [0.25, 0.3) is 0 Å². The molecule has 0 aromatic heterocycles. The van der Waals surface area contributed by atoms with Crippen molar-refractivity contribution >= 4 is 45.8 Å². The van der Waals surface area contributed by atoms with Crippen molar-refractivity contribution in [2.45, 2.75) is 18.9 Å². The number of hydrogen-bond acceptors (Lipinski definition) is 2. The molecule has 3 rings (SSSR count). The standard InChI is InChI=1S/C16H14ClIN2O/c17-11-3-4-13(18)12(8-11)16(19)10-1-5-14-9(7-10)2-6-15(21)20-14/h1,3-5,7-8,16H,2,6,19H2,(H,20,21). The van der Waals surface area contributed by atoms with E-state index in [4.69, 9.17) is 17.3 Å². The number of amides is 1. The predicted octanol–water partition coefficient (Wildman–Crippen LogP) is 3.88. The number of nitrogens with one attached hydrogen (secondary N) is 1. The van der Waals surface area contributed by atoms with Crippen molar-refractivity contribution < 1.29 is 4.79 Å². The van der Waals surface area contributed by atoms with Gasteiger partial charge in [-0.1, -0.05) is 23.7 Å². The molecule has 0 radical (unpaired) electrons. The van der Waals surface area contributed by atoms with E-state index in [1.165, 1.54) is 0 Å². The molecule has 21 heavy (non-hydrogen) atoms. The molecular weight excluding hydrogens is 399 g/mol. The van der Waals surface area contributed by atoms with Crippen LogP contribution in [0.4, 0.5) is 5.69 Å². The van der Waals surface area contributed by atoms with Gasteiger partial charge in [0.2, 0.25) is 5.91 Å². The average molecular weight is 413 g/mol. The van der Waals surface area contributed by atoms with E-state index < -0.39 is 0 Å². The molecule has 0 fully saturated rings. The van der Waals surface area contributed by atoms with Gasteiger partial charge in [-0.3, -0.25) is 4.79 Å². The third-order valence-corrected chi connectivity index (χ3v) is 4.89. The van der Waals surface area contributed by atoms with E-state index in [0.29, 0.717) is 11.4 Å². The summed E-state index contributed by atoms with van der Waals surface area (Å²) in [5, 5.41) is 3.57. The number of nitrogens with two attached hydrogens (primary N) is 1. The van der Waals surface area contributed by atoms with Crippen molar-refractivity contribution in [3.8, 4) is 0 Å². The Balaban J connectivity index is 1.97. The zero-order chi connectivity index (χ0) is 15.0. The topological polar surface area (TPSA) is 55.1 Å². The second kappa shape index (κ2) is 5.94. The molecule has 1 unspecified atom stereocenters. The fourth-order valence-corrected chi connectivity index (χ4v) is 3.38. The van der Waals surface area contributed by atoms with E-state index in [1.54, 1.807) is 0 Å². The molecule has 1 aliphatic heterocycles. The van der Waals surface area contributed by atoms with Crippen molar-refractivity contribution in [3.63, 3.8) is 0 Å². The lowest BCUT2D eigenvalue weighted by molar-refractivity contribution is -0.116. The molecule has 1 atom stereocenters. The molecular formula is C16H14ClIN2O. The Morgan fingerprint density at radius 3 is 2.81 bits per heavy atom. The minimum absolute atomic E-state index is 0.0731. The summed E-state index contributed by atoms with van der Waals surface area (Å²) < 4.78 is 1.09. The van der Waals surface area contributed by atoms with E-state index in [1.807, 2.05) is 30.3 Å². The Hall–Kier alpha value is -1.11. The van der Waals surface area contributed by atoms with Gasteiger partial charge in [-0.2, -0.15) is 0 Å². The largest absolute Gasteiger partial charge is 0.326 e. The molecule has 0 bridgehead atoms. The first-order chi connectivity index (χ1) is 10.0. The van der Waals surface area contributed by atoms with Crippen LogP contribution in [0.2, 0.25) is 5.02 Å². The lowest BCUT2D eigenvalue weighted by Crippen LogP contribution is -2.20. The van der Waals surface area contributed by atoms with E-state index >= 15 is 0 Å². The van der Waals surface area contributed by atoms with Gasteiger partial charge in [0.25, 0.3) is 0 Å². The summed E-state index contributed by atoms with van der Waals surface area (Å²) in [6.45, 7) is 0. The summed E-state index contributed by atoms with van der Waals surface area (Å²) in [6, 6.07) is 11.5. The maximum atomic E-state index is 11.4. The fourth-order valence-electron chi connectivity index (χ4n) is 2.53. The van der Waals surface area contributed by atoms with Gasteiger partial charge in [0, 0.05) is 20.7 Å². The zero-order valence-corrected chi connectivity index (χ0v) is 14.1. The summed E-state index contributed by atoms with van der Waals surface area (Å²) in [7, 11) is 0. The molecule has 0 saturated carbocycles. The number of hydrogen-bond donors (Lipinski definition) is 2. The number of carbonyl (C=O) groups is 1. The van der Waals surface area contributed by atoms with Gasteiger partial charge in [-0.25, -0.2) is 0 Å². The summed E-state index contributed by atoms with van der Waals surface area (Å²) >= 11 is 8.34. The molecule has 0 aliphatic carbocycles. The van der Waals surface area contributed by atoms with E-state index in [9.17, 15) is 4.79 Å². The Morgan fingerprint density at radius 1 is 1.19 bits per heavy atom. The normalized spacial score (nSPS) is 15.3. The van der Waals surface area contributed by atoms with E-state index in [-0.39, 0.29) is 11.9 Å². The number of benzene rings is 2. The van der Waals surface area contributed by atoms with Crippen molar-refractivity contribution in [1.29, 1.82) is 0 Å². The Bertz CT molecular complexity index is 717. The molecule has 1 heterocycles. The molecule has 1 aliphatic rings. The summed E-state index contributed by atoms with van der Waals surface area (Å²) in [5.41, 5.74) is 10.5. The highest BCUT2D eigenvalue weighted by atomic mass is 127. The van der Waals surface area contributed by atoms with Crippen molar-refractivity contribution in [2.24, 2.45) is 5.73 Å². The monoisotopic (exact) mass is 412 g/mol. The van der Waals surface area contributed by atoms with Crippen LogP contribution in [0.15, 0.2) is 36.4 Å². The van der Waals surface area contributed by atoms with Crippen LogP contribution in [0, 0.1) is 3.57 Å². The first-order valence-electron chi connectivity index (χ1n) is 6.68. The highest BCUT2D eigenvalue weighted by Gasteiger charge is 2.18. The van der Waals surface area contributed by atoms with Crippen molar-refractivity contribution in [2.75, 3.05) is 5.32 Å². The summed E-state index contributed by atoms with van der Waals surface area (Å²) in [4.78, 5) is 11.4. The Labute approximate surface area is 142 Å². The molecule has 3 N–H and O–H groups in total. The number of anilines is 1. The second-order valence-corrected chi connectivity index (χ2v) is 6.71. The van der Waals surface area contributed by atoms with Crippen LogP contribution < -0.4 is 11.1 Å². The van der Waals surface area contributed by atoms with Crippen molar-refractivity contribution in [3.05, 3.63) is 61.7 Å². The third-order valence-electron chi connectivity index (χ3n) is 3.68. The zero-order valence-electron chi connectivity index (χ0n) is 11.2. The average Bonchev–Trinajstić information content (AvgIpc) is 2.48. The number of carbonyl (C=O) groups excluding carboxylic acids is 1. The molecule has 3 nitrogen and oxygen atoms in total. The fraction of sp³-hybridized carbons (Fsp3) is 0.188. The summed E-state index contributed by atoms with van der Waals surface area (Å²) in [6.07, 6.45) is 1.29. The Morgan fingerprint density at radius 2 is 2.00 bits per heavy atom. The maximum Gasteiger partial charge on any atom is 0.224 e. The van der Waals surface area contributed by atoms with Crippen LogP contribution in [0.1, 0.15) is 29.2 Å². The SMILES string of the molecule is NC(c1ccc2c(c1)CCC(=O)N2)c1cc(Cl)ccc1I. The smallest absolute Gasteiger partial charge is 0.224 e. The lowest BCUT2D eigenvalue weighted by atomic mass is 9.94. The summed E-state index contributed by atoms with van der Waals surface area (Å²) in [5.74, 6) is 0.0731. The third kappa shape index (κ3) is 3.07. The van der Waals surface area contributed by atoms with Gasteiger partial charge in [0.05, 0.1) is 6.04 Å². The van der Waals surface area contributed by atoms with E-state index in [0.717, 1.165) is 32.4 Å². The van der Waals surface area contributed by atoms with Crippen molar-refractivity contribution in [1.82, 2.24) is 0 Å². The van der Waals surface area contributed by atoms with Crippen LogP contribution >= 0.6 is 34.2 Å². The quantitative estimate of drug-likeness (QED) is 0.736. The second-order valence-electron chi connectivity index (χ2n) is 5.11. The van der Waals surface area contributed by atoms with Gasteiger partial charge in [0.1, 0.15) is 0 Å². The van der Waals surface area contributed by atoms with Gasteiger partial charge >= 0.3 is 0 Å². The maximum absolute atomic E-state index is 11.4. The van der Waals surface area contributed by atoms with Gasteiger partial charge in [-0.05, 0) is 70.0 Å². The molecule has 2 aromatic rings. The van der Waals surface area contributed by atoms with Crippen LogP contribution in [0.3, 0.4) is 0 Å². The minimum atomic E-state index is -0.224. The molecule has 0 saturated heterocycles. The number of aryl methyl sites for hydroxylation is 1. The van der Waals surface area contributed by atoms with Crippen LogP contribution in [-0.4, -0.2) is 5.91 Å². The Kier molecular flexibility index (Phi) is 4.19. The predicted molar refractivity (Wildman–Crippen MR) is 93.6 cm³/mol. The first kappa shape index (κ1) is 14.8. The molecule has 2 aromatic carbocycles. The lowest BCUT2D eigenvalue weighted by Gasteiger charge is -2.20. The number of rotatable bonds is 2. The van der Waals surface area contributed by atoms with Gasteiger partial charge in [-0.15, -0.1) is 0 Å². The van der Waals surface area contributed by atoms with Gasteiger partial charge in [0.15, 0.2) is 0 Å². The van der Waals surface area contributed by atoms with Gasteiger partial charge < -0.3 is 11.1 Å². The minimum Gasteiger partial charge on any atom is -0.326 e. The van der Waals surface area contributed by atoms with Crippen LogP contribution in [0.5, 0.6) is 0 Å².